The summed E-state index contributed by atoms with van der Waals surface area (Å²) in [6, 6.07) is 18.8. The highest BCUT2D eigenvalue weighted by Gasteiger charge is 2.18. The number of aryl methyl sites for hydroxylation is 1. The number of benzene rings is 3. The van der Waals surface area contributed by atoms with Crippen molar-refractivity contribution in [2.75, 3.05) is 0 Å². The lowest BCUT2D eigenvalue weighted by Gasteiger charge is -2.14. The van der Waals surface area contributed by atoms with E-state index in [-0.39, 0.29) is 17.4 Å². The Hall–Kier alpha value is -3.47. The highest BCUT2D eigenvalue weighted by atomic mass is 19.1. The lowest BCUT2D eigenvalue weighted by atomic mass is 10.0. The molecule has 0 saturated carbocycles. The minimum absolute atomic E-state index is 0.0225. The molecule has 0 radical (unpaired) electrons. The molecule has 0 aliphatic heterocycles. The molecule has 4 nitrogen and oxygen atoms in total. The molecule has 0 heterocycles. The number of unbranched alkanes of at least 4 members (excludes halogenated alkanes) is 3. The van der Waals surface area contributed by atoms with E-state index in [2.05, 4.69) is 6.92 Å². The van der Waals surface area contributed by atoms with Crippen LogP contribution in [0.2, 0.25) is 0 Å². The van der Waals surface area contributed by atoms with E-state index in [9.17, 15) is 14.0 Å². The fourth-order valence-corrected chi connectivity index (χ4v) is 3.60. The van der Waals surface area contributed by atoms with Gasteiger partial charge < -0.3 is 9.47 Å². The predicted octanol–water partition coefficient (Wildman–Crippen LogP) is 7.54. The van der Waals surface area contributed by atoms with Crippen LogP contribution in [-0.2, 0) is 4.74 Å². The third-order valence-electron chi connectivity index (χ3n) is 5.65. The van der Waals surface area contributed by atoms with Crippen LogP contribution in [0.3, 0.4) is 0 Å². The summed E-state index contributed by atoms with van der Waals surface area (Å²) in [6.07, 6.45) is 4.78. The van der Waals surface area contributed by atoms with E-state index in [4.69, 9.17) is 9.47 Å². The summed E-state index contributed by atoms with van der Waals surface area (Å²) >= 11 is 0. The Morgan fingerprint density at radius 3 is 2.12 bits per heavy atom. The zero-order valence-corrected chi connectivity index (χ0v) is 20.0. The van der Waals surface area contributed by atoms with Crippen molar-refractivity contribution in [1.29, 1.82) is 0 Å². The van der Waals surface area contributed by atoms with Crippen molar-refractivity contribution in [3.8, 4) is 16.9 Å². The molecule has 1 atom stereocenters. The van der Waals surface area contributed by atoms with Gasteiger partial charge in [0, 0.05) is 6.07 Å². The molecule has 0 aromatic heterocycles. The summed E-state index contributed by atoms with van der Waals surface area (Å²) in [5, 5.41) is 0. The third-order valence-corrected chi connectivity index (χ3v) is 5.65. The predicted molar refractivity (Wildman–Crippen MR) is 132 cm³/mol. The van der Waals surface area contributed by atoms with Gasteiger partial charge in [0.1, 0.15) is 11.6 Å². The van der Waals surface area contributed by atoms with Crippen molar-refractivity contribution >= 4 is 11.9 Å². The molecular formula is C29H31FO4. The second-order valence-electron chi connectivity index (χ2n) is 8.54. The molecule has 0 saturated heterocycles. The monoisotopic (exact) mass is 462 g/mol. The van der Waals surface area contributed by atoms with Crippen LogP contribution in [-0.4, -0.2) is 18.0 Å². The number of ether oxygens (including phenoxy) is 2. The lowest BCUT2D eigenvalue weighted by Crippen LogP contribution is -2.16. The van der Waals surface area contributed by atoms with Crippen molar-refractivity contribution in [2.45, 2.75) is 59.0 Å². The number of carbonyl (C=O) groups excluding carboxylic acids is 2. The summed E-state index contributed by atoms with van der Waals surface area (Å²) in [5.74, 6) is -2.09. The second kappa shape index (κ2) is 12.1. The van der Waals surface area contributed by atoms with Gasteiger partial charge in [0.05, 0.1) is 17.2 Å². The summed E-state index contributed by atoms with van der Waals surface area (Å²) in [7, 11) is 0. The van der Waals surface area contributed by atoms with E-state index in [1.54, 1.807) is 12.1 Å². The summed E-state index contributed by atoms with van der Waals surface area (Å²) in [4.78, 5) is 24.8. The maximum atomic E-state index is 14.5. The number of carbonyl (C=O) groups is 2. The van der Waals surface area contributed by atoms with E-state index in [1.807, 2.05) is 50.2 Å². The molecule has 178 valence electrons. The van der Waals surface area contributed by atoms with Crippen molar-refractivity contribution in [2.24, 2.45) is 0 Å². The molecule has 5 heteroatoms. The van der Waals surface area contributed by atoms with Gasteiger partial charge >= 0.3 is 11.9 Å². The second-order valence-corrected chi connectivity index (χ2v) is 8.54. The van der Waals surface area contributed by atoms with E-state index < -0.39 is 17.8 Å². The molecule has 0 fully saturated rings. The van der Waals surface area contributed by atoms with Crippen LogP contribution in [0.1, 0.15) is 72.2 Å². The summed E-state index contributed by atoms with van der Waals surface area (Å²) in [6.45, 7) is 5.97. The molecule has 0 N–H and O–H groups in total. The molecule has 0 aliphatic rings. The molecule has 3 aromatic carbocycles. The van der Waals surface area contributed by atoms with Gasteiger partial charge in [-0.3, -0.25) is 0 Å². The van der Waals surface area contributed by atoms with E-state index in [1.165, 1.54) is 17.7 Å². The third kappa shape index (κ3) is 7.01. The van der Waals surface area contributed by atoms with Crippen LogP contribution in [0.5, 0.6) is 5.75 Å². The number of halogens is 1. The van der Waals surface area contributed by atoms with Crippen LogP contribution in [0.25, 0.3) is 11.1 Å². The number of esters is 2. The quantitative estimate of drug-likeness (QED) is 0.177. The normalized spacial score (nSPS) is 11.6. The fourth-order valence-electron chi connectivity index (χ4n) is 3.60. The van der Waals surface area contributed by atoms with Gasteiger partial charge in [-0.25, -0.2) is 14.0 Å². The number of hydrogen-bond donors (Lipinski definition) is 0. The first-order chi connectivity index (χ1) is 16.4. The van der Waals surface area contributed by atoms with E-state index in [0.717, 1.165) is 49.3 Å². The van der Waals surface area contributed by atoms with Gasteiger partial charge in [-0.1, -0.05) is 68.1 Å². The Balaban J connectivity index is 1.58. The van der Waals surface area contributed by atoms with Crippen LogP contribution in [0.15, 0.2) is 66.7 Å². The maximum absolute atomic E-state index is 14.5. The van der Waals surface area contributed by atoms with Gasteiger partial charge in [0.15, 0.2) is 0 Å². The van der Waals surface area contributed by atoms with Crippen LogP contribution in [0, 0.1) is 12.7 Å². The van der Waals surface area contributed by atoms with Gasteiger partial charge in [-0.15, -0.1) is 0 Å². The molecule has 3 rings (SSSR count). The maximum Gasteiger partial charge on any atom is 0.343 e. The fraction of sp³-hybridized carbons (Fsp3) is 0.310. The topological polar surface area (TPSA) is 52.6 Å². The van der Waals surface area contributed by atoms with E-state index in [0.29, 0.717) is 5.56 Å². The first-order valence-corrected chi connectivity index (χ1v) is 11.8. The van der Waals surface area contributed by atoms with E-state index >= 15 is 0 Å². The molecule has 34 heavy (non-hydrogen) atoms. The Labute approximate surface area is 200 Å². The van der Waals surface area contributed by atoms with Crippen LogP contribution in [0.4, 0.5) is 4.39 Å². The molecule has 0 bridgehead atoms. The highest BCUT2D eigenvalue weighted by molar-refractivity contribution is 5.92. The average Bonchev–Trinajstić information content (AvgIpc) is 2.82. The standard InChI is InChI=1S/C29H31FO4/c1-4-5-6-7-8-21(3)33-29(32)26-18-17-25(19-27(26)30)34-28(31)24-15-13-23(14-16-24)22-11-9-20(2)10-12-22/h9-19,21H,4-8H2,1-3H3. The van der Waals surface area contributed by atoms with Crippen molar-refractivity contribution in [1.82, 2.24) is 0 Å². The lowest BCUT2D eigenvalue weighted by molar-refractivity contribution is 0.0314. The Morgan fingerprint density at radius 2 is 1.50 bits per heavy atom. The first-order valence-electron chi connectivity index (χ1n) is 11.8. The van der Waals surface area contributed by atoms with Crippen molar-refractivity contribution < 1.29 is 23.5 Å². The zero-order chi connectivity index (χ0) is 24.5. The first kappa shape index (κ1) is 25.2. The average molecular weight is 463 g/mol. The summed E-state index contributed by atoms with van der Waals surface area (Å²) < 4.78 is 25.2. The Morgan fingerprint density at radius 1 is 0.853 bits per heavy atom. The molecular weight excluding hydrogens is 431 g/mol. The highest BCUT2D eigenvalue weighted by Crippen LogP contribution is 2.23. The number of hydrogen-bond acceptors (Lipinski definition) is 4. The SMILES string of the molecule is CCCCCCC(C)OC(=O)c1ccc(OC(=O)c2ccc(-c3ccc(C)cc3)cc2)cc1F. The summed E-state index contributed by atoms with van der Waals surface area (Å²) in [5.41, 5.74) is 3.36. The number of rotatable bonds is 10. The van der Waals surface area contributed by atoms with Gasteiger partial charge in [-0.05, 0) is 62.1 Å². The molecule has 3 aromatic rings. The largest absolute Gasteiger partial charge is 0.459 e. The van der Waals surface area contributed by atoms with Gasteiger partial charge in [0.25, 0.3) is 0 Å². The Kier molecular flexibility index (Phi) is 8.97. The van der Waals surface area contributed by atoms with Crippen LogP contribution >= 0.6 is 0 Å². The minimum Gasteiger partial charge on any atom is -0.459 e. The minimum atomic E-state index is -0.789. The molecule has 0 amide bonds. The van der Waals surface area contributed by atoms with Gasteiger partial charge in [0.2, 0.25) is 0 Å². The zero-order valence-electron chi connectivity index (χ0n) is 20.0. The smallest absolute Gasteiger partial charge is 0.343 e. The van der Waals surface area contributed by atoms with Crippen molar-refractivity contribution in [3.05, 3.63) is 89.2 Å². The van der Waals surface area contributed by atoms with Crippen molar-refractivity contribution in [3.63, 3.8) is 0 Å². The molecule has 1 unspecified atom stereocenters. The van der Waals surface area contributed by atoms with Gasteiger partial charge in [-0.2, -0.15) is 0 Å². The Bertz CT molecular complexity index is 1100. The molecule has 0 spiro atoms. The molecule has 0 aliphatic carbocycles. The van der Waals surface area contributed by atoms with Crippen LogP contribution < -0.4 is 4.74 Å².